The SMILES string of the molecule is CCC(C)CC(O)Cc1ccc(Br)cc1. The second-order valence-electron chi connectivity index (χ2n) is 4.23. The molecule has 1 aromatic carbocycles. The molecule has 0 fully saturated rings. The number of rotatable bonds is 5. The molecule has 0 saturated carbocycles. The Hall–Kier alpha value is -0.340. The van der Waals surface area contributed by atoms with Crippen LogP contribution in [0.1, 0.15) is 32.3 Å². The lowest BCUT2D eigenvalue weighted by Crippen LogP contribution is -2.14. The molecule has 0 aliphatic carbocycles. The molecular weight excluding hydrogens is 252 g/mol. The van der Waals surface area contributed by atoms with E-state index in [1.807, 2.05) is 12.1 Å². The first-order valence-electron chi connectivity index (χ1n) is 5.54. The van der Waals surface area contributed by atoms with E-state index in [1.165, 1.54) is 5.56 Å². The van der Waals surface area contributed by atoms with Gasteiger partial charge in [-0.1, -0.05) is 48.3 Å². The fraction of sp³-hybridized carbons (Fsp3) is 0.538. The van der Waals surface area contributed by atoms with Crippen LogP contribution in [0.3, 0.4) is 0 Å². The van der Waals surface area contributed by atoms with Gasteiger partial charge in [0.05, 0.1) is 6.10 Å². The van der Waals surface area contributed by atoms with E-state index in [0.29, 0.717) is 5.92 Å². The second kappa shape index (κ2) is 6.29. The molecule has 0 radical (unpaired) electrons. The highest BCUT2D eigenvalue weighted by Gasteiger charge is 2.09. The molecule has 1 N–H and O–H groups in total. The summed E-state index contributed by atoms with van der Waals surface area (Å²) >= 11 is 3.40. The average Bonchev–Trinajstić information content (AvgIpc) is 2.21. The molecule has 0 amide bonds. The van der Waals surface area contributed by atoms with Crippen LogP contribution in [0.15, 0.2) is 28.7 Å². The highest BCUT2D eigenvalue weighted by atomic mass is 79.9. The van der Waals surface area contributed by atoms with E-state index < -0.39 is 0 Å². The van der Waals surface area contributed by atoms with Crippen molar-refractivity contribution in [1.82, 2.24) is 0 Å². The first-order chi connectivity index (χ1) is 7.11. The molecule has 1 rings (SSSR count). The van der Waals surface area contributed by atoms with Gasteiger partial charge in [-0.15, -0.1) is 0 Å². The van der Waals surface area contributed by atoms with Gasteiger partial charge in [0.15, 0.2) is 0 Å². The van der Waals surface area contributed by atoms with Gasteiger partial charge in [0.2, 0.25) is 0 Å². The second-order valence-corrected chi connectivity index (χ2v) is 5.15. The Kier molecular flexibility index (Phi) is 5.34. The zero-order valence-corrected chi connectivity index (χ0v) is 11.0. The molecule has 2 heteroatoms. The summed E-state index contributed by atoms with van der Waals surface area (Å²) in [6, 6.07) is 8.16. The highest BCUT2D eigenvalue weighted by molar-refractivity contribution is 9.10. The van der Waals surface area contributed by atoms with E-state index in [1.54, 1.807) is 0 Å². The normalized spacial score (nSPS) is 14.9. The van der Waals surface area contributed by atoms with Crippen LogP contribution in [0.2, 0.25) is 0 Å². The first-order valence-corrected chi connectivity index (χ1v) is 6.33. The quantitative estimate of drug-likeness (QED) is 0.863. The number of hydrogen-bond acceptors (Lipinski definition) is 1. The number of halogens is 1. The van der Waals surface area contributed by atoms with Crippen molar-refractivity contribution in [2.45, 2.75) is 39.2 Å². The fourth-order valence-corrected chi connectivity index (χ4v) is 1.87. The predicted octanol–water partition coefficient (Wildman–Crippen LogP) is 3.79. The minimum Gasteiger partial charge on any atom is -0.393 e. The van der Waals surface area contributed by atoms with Crippen LogP contribution in [0.4, 0.5) is 0 Å². The van der Waals surface area contributed by atoms with Crippen LogP contribution >= 0.6 is 15.9 Å². The Morgan fingerprint density at radius 3 is 2.40 bits per heavy atom. The van der Waals surface area contributed by atoms with Crippen LogP contribution in [0.25, 0.3) is 0 Å². The van der Waals surface area contributed by atoms with Gasteiger partial charge in [-0.2, -0.15) is 0 Å². The number of benzene rings is 1. The Morgan fingerprint density at radius 1 is 1.27 bits per heavy atom. The molecule has 0 aromatic heterocycles. The summed E-state index contributed by atoms with van der Waals surface area (Å²) in [5.74, 6) is 0.607. The summed E-state index contributed by atoms with van der Waals surface area (Å²) in [6.07, 6.45) is 2.59. The standard InChI is InChI=1S/C13H19BrO/c1-3-10(2)8-13(15)9-11-4-6-12(14)7-5-11/h4-7,10,13,15H,3,8-9H2,1-2H3. The van der Waals surface area contributed by atoms with Crippen molar-refractivity contribution < 1.29 is 5.11 Å². The maximum Gasteiger partial charge on any atom is 0.0583 e. The molecule has 0 bridgehead atoms. The van der Waals surface area contributed by atoms with Crippen molar-refractivity contribution in [3.8, 4) is 0 Å². The summed E-state index contributed by atoms with van der Waals surface area (Å²) < 4.78 is 1.09. The maximum absolute atomic E-state index is 9.86. The van der Waals surface area contributed by atoms with Crippen molar-refractivity contribution in [2.24, 2.45) is 5.92 Å². The minimum atomic E-state index is -0.207. The van der Waals surface area contributed by atoms with Crippen LogP contribution in [0.5, 0.6) is 0 Å². The van der Waals surface area contributed by atoms with E-state index in [2.05, 4.69) is 41.9 Å². The summed E-state index contributed by atoms with van der Waals surface area (Å²) in [4.78, 5) is 0. The van der Waals surface area contributed by atoms with Crippen molar-refractivity contribution >= 4 is 15.9 Å². The van der Waals surface area contributed by atoms with E-state index in [-0.39, 0.29) is 6.10 Å². The molecule has 0 spiro atoms. The molecule has 2 unspecified atom stereocenters. The summed E-state index contributed by atoms with van der Waals surface area (Å²) in [5.41, 5.74) is 1.20. The zero-order valence-electron chi connectivity index (χ0n) is 9.41. The van der Waals surface area contributed by atoms with Crippen molar-refractivity contribution in [3.05, 3.63) is 34.3 Å². The lowest BCUT2D eigenvalue weighted by Gasteiger charge is -2.14. The first kappa shape index (κ1) is 12.7. The molecule has 1 aromatic rings. The molecule has 0 saturated heterocycles. The van der Waals surface area contributed by atoms with Gasteiger partial charge >= 0.3 is 0 Å². The van der Waals surface area contributed by atoms with Crippen LogP contribution in [-0.2, 0) is 6.42 Å². The molecule has 84 valence electrons. The molecular formula is C13H19BrO. The third-order valence-electron chi connectivity index (χ3n) is 2.76. The predicted molar refractivity (Wildman–Crippen MR) is 67.9 cm³/mol. The molecule has 0 aliphatic heterocycles. The number of aliphatic hydroxyl groups excluding tert-OH is 1. The van der Waals surface area contributed by atoms with Crippen molar-refractivity contribution in [3.63, 3.8) is 0 Å². The van der Waals surface area contributed by atoms with Gasteiger partial charge in [0.25, 0.3) is 0 Å². The van der Waals surface area contributed by atoms with Gasteiger partial charge in [-0.3, -0.25) is 0 Å². The maximum atomic E-state index is 9.86. The molecule has 15 heavy (non-hydrogen) atoms. The Bertz CT molecular complexity index is 281. The van der Waals surface area contributed by atoms with Crippen molar-refractivity contribution in [1.29, 1.82) is 0 Å². The van der Waals surface area contributed by atoms with Crippen LogP contribution in [0, 0.1) is 5.92 Å². The third-order valence-corrected chi connectivity index (χ3v) is 3.28. The third kappa shape index (κ3) is 4.80. The Labute approximate surface area is 101 Å². The zero-order chi connectivity index (χ0) is 11.3. The molecule has 0 heterocycles. The van der Waals surface area contributed by atoms with Gasteiger partial charge in [-0.25, -0.2) is 0 Å². The van der Waals surface area contributed by atoms with Crippen molar-refractivity contribution in [2.75, 3.05) is 0 Å². The highest BCUT2D eigenvalue weighted by Crippen LogP contribution is 2.16. The Balaban J connectivity index is 2.44. The van der Waals surface area contributed by atoms with Crippen LogP contribution in [-0.4, -0.2) is 11.2 Å². The molecule has 1 nitrogen and oxygen atoms in total. The fourth-order valence-electron chi connectivity index (χ4n) is 1.61. The summed E-state index contributed by atoms with van der Waals surface area (Å²) in [5, 5.41) is 9.86. The Morgan fingerprint density at radius 2 is 1.87 bits per heavy atom. The van der Waals surface area contributed by atoms with Gasteiger partial charge < -0.3 is 5.11 Å². The average molecular weight is 271 g/mol. The lowest BCUT2D eigenvalue weighted by molar-refractivity contribution is 0.144. The van der Waals surface area contributed by atoms with E-state index in [9.17, 15) is 5.11 Å². The van der Waals surface area contributed by atoms with Crippen LogP contribution < -0.4 is 0 Å². The van der Waals surface area contributed by atoms with E-state index in [4.69, 9.17) is 0 Å². The minimum absolute atomic E-state index is 0.207. The number of hydrogen-bond donors (Lipinski definition) is 1. The summed E-state index contributed by atoms with van der Waals surface area (Å²) in [6.45, 7) is 4.35. The van der Waals surface area contributed by atoms with Gasteiger partial charge in [0, 0.05) is 4.47 Å². The van der Waals surface area contributed by atoms with E-state index >= 15 is 0 Å². The molecule has 2 atom stereocenters. The van der Waals surface area contributed by atoms with Gasteiger partial charge in [-0.05, 0) is 36.5 Å². The lowest BCUT2D eigenvalue weighted by atomic mass is 9.97. The van der Waals surface area contributed by atoms with E-state index in [0.717, 1.165) is 23.7 Å². The smallest absolute Gasteiger partial charge is 0.0583 e. The number of aliphatic hydroxyl groups is 1. The molecule has 0 aliphatic rings. The monoisotopic (exact) mass is 270 g/mol. The largest absolute Gasteiger partial charge is 0.393 e. The summed E-state index contributed by atoms with van der Waals surface area (Å²) in [7, 11) is 0. The van der Waals surface area contributed by atoms with Gasteiger partial charge in [0.1, 0.15) is 0 Å². The topological polar surface area (TPSA) is 20.2 Å².